The number of amides is 4. The highest BCUT2D eigenvalue weighted by atomic mass is 32.2. The zero-order valence-electron chi connectivity index (χ0n) is 26.7. The summed E-state index contributed by atoms with van der Waals surface area (Å²) in [5.41, 5.74) is 2.47. The molecule has 4 fully saturated rings. The largest absolute Gasteiger partial charge is 0.457 e. The Morgan fingerprint density at radius 1 is 1.09 bits per heavy atom. The summed E-state index contributed by atoms with van der Waals surface area (Å²) in [4.78, 5) is 47.0. The number of aryl methyl sites for hydroxylation is 1. The third-order valence-corrected chi connectivity index (χ3v) is 10.9. The van der Waals surface area contributed by atoms with Crippen LogP contribution < -0.4 is 25.6 Å². The molecule has 0 aliphatic carbocycles. The lowest BCUT2D eigenvalue weighted by molar-refractivity contribution is -0.128. The Balaban J connectivity index is 1.01. The molecule has 0 saturated carbocycles. The highest BCUT2D eigenvalue weighted by Crippen LogP contribution is 2.48. The second kappa shape index (κ2) is 14.1. The monoisotopic (exact) mass is 658 g/mol. The summed E-state index contributed by atoms with van der Waals surface area (Å²) in [6, 6.07) is 15.0. The van der Waals surface area contributed by atoms with Crippen LogP contribution in [0.15, 0.2) is 71.3 Å². The average molecular weight is 659 g/mol. The molecule has 0 bridgehead atoms. The van der Waals surface area contributed by atoms with Crippen molar-refractivity contribution >= 4 is 35.3 Å². The van der Waals surface area contributed by atoms with E-state index in [4.69, 9.17) is 9.47 Å². The number of piperidine rings is 2. The summed E-state index contributed by atoms with van der Waals surface area (Å²) in [5.74, 6) is 1.20. The van der Waals surface area contributed by atoms with E-state index in [9.17, 15) is 14.4 Å². The van der Waals surface area contributed by atoms with Gasteiger partial charge < -0.3 is 30.3 Å². The number of anilines is 1. The van der Waals surface area contributed by atoms with Crippen molar-refractivity contribution in [1.82, 2.24) is 25.8 Å². The molecule has 5 heterocycles. The number of para-hydroxylation sites is 1. The minimum atomic E-state index is -0.229. The van der Waals surface area contributed by atoms with Crippen LogP contribution in [0.5, 0.6) is 11.5 Å². The first-order chi connectivity index (χ1) is 22.9. The number of carbonyl (C=O) groups is 3. The first-order valence-corrected chi connectivity index (χ1v) is 17.5. The third kappa shape index (κ3) is 6.92. The third-order valence-electron chi connectivity index (χ3n) is 9.55. The van der Waals surface area contributed by atoms with Crippen LogP contribution in [-0.2, 0) is 14.3 Å². The quantitative estimate of drug-likeness (QED) is 0.369. The molecule has 4 saturated heterocycles. The van der Waals surface area contributed by atoms with Gasteiger partial charge in [-0.3, -0.25) is 19.4 Å². The zero-order chi connectivity index (χ0) is 32.3. The summed E-state index contributed by atoms with van der Waals surface area (Å²) in [5, 5.41) is 9.86. The fourth-order valence-electron chi connectivity index (χ4n) is 7.23. The molecular formula is C35H42N6O5S. The molecule has 7 rings (SSSR count). The molecule has 3 N–H and O–H groups in total. The lowest BCUT2D eigenvalue weighted by atomic mass is 9.86. The summed E-state index contributed by atoms with van der Waals surface area (Å²) < 4.78 is 11.4. The number of likely N-dealkylation sites (tertiary alicyclic amines) is 1. The minimum Gasteiger partial charge on any atom is -0.457 e. The lowest BCUT2D eigenvalue weighted by Crippen LogP contribution is -2.62. The fourth-order valence-corrected chi connectivity index (χ4v) is 8.63. The van der Waals surface area contributed by atoms with Crippen molar-refractivity contribution in [1.29, 1.82) is 0 Å². The van der Waals surface area contributed by atoms with E-state index >= 15 is 0 Å². The number of ether oxygens (including phenoxy) is 2. The van der Waals surface area contributed by atoms with Gasteiger partial charge in [-0.1, -0.05) is 36.0 Å². The van der Waals surface area contributed by atoms with Crippen molar-refractivity contribution < 1.29 is 23.9 Å². The number of urea groups is 1. The fraction of sp³-hybridized carbons (Fsp3) is 0.457. The molecule has 5 aliphatic heterocycles. The number of benzene rings is 2. The normalized spacial score (nSPS) is 26.3. The van der Waals surface area contributed by atoms with E-state index in [0.29, 0.717) is 29.4 Å². The van der Waals surface area contributed by atoms with Crippen LogP contribution in [0.1, 0.15) is 24.8 Å². The van der Waals surface area contributed by atoms with Crippen LogP contribution in [0, 0.1) is 12.8 Å². The number of morpholine rings is 1. The first kappa shape index (κ1) is 31.7. The van der Waals surface area contributed by atoms with Gasteiger partial charge in [0, 0.05) is 62.1 Å². The van der Waals surface area contributed by atoms with Crippen molar-refractivity contribution in [2.45, 2.75) is 43.6 Å². The van der Waals surface area contributed by atoms with E-state index in [-0.39, 0.29) is 41.2 Å². The Bertz CT molecular complexity index is 1560. The van der Waals surface area contributed by atoms with Crippen LogP contribution in [0.2, 0.25) is 0 Å². The predicted molar refractivity (Wildman–Crippen MR) is 181 cm³/mol. The van der Waals surface area contributed by atoms with Crippen LogP contribution in [0.25, 0.3) is 0 Å². The molecule has 12 heteroatoms. The Labute approximate surface area is 279 Å². The van der Waals surface area contributed by atoms with Gasteiger partial charge in [-0.25, -0.2) is 4.79 Å². The Morgan fingerprint density at radius 3 is 2.72 bits per heavy atom. The van der Waals surface area contributed by atoms with Gasteiger partial charge in [0.25, 0.3) is 5.91 Å². The van der Waals surface area contributed by atoms with Crippen molar-refractivity contribution in [3.05, 3.63) is 76.8 Å². The number of rotatable bonds is 8. The highest BCUT2D eigenvalue weighted by molar-refractivity contribution is 8.04. The van der Waals surface area contributed by atoms with E-state index in [0.717, 1.165) is 75.7 Å². The van der Waals surface area contributed by atoms with Crippen LogP contribution in [0.4, 0.5) is 10.5 Å². The van der Waals surface area contributed by atoms with E-state index < -0.39 is 0 Å². The van der Waals surface area contributed by atoms with Gasteiger partial charge in [0.1, 0.15) is 11.5 Å². The molecule has 4 amide bonds. The maximum atomic E-state index is 13.8. The van der Waals surface area contributed by atoms with Gasteiger partial charge in [0.2, 0.25) is 5.91 Å². The van der Waals surface area contributed by atoms with E-state index in [1.807, 2.05) is 71.3 Å². The van der Waals surface area contributed by atoms with E-state index in [1.54, 1.807) is 6.08 Å². The molecule has 11 nitrogen and oxygen atoms in total. The zero-order valence-corrected chi connectivity index (χ0v) is 27.5. The molecule has 0 aromatic heterocycles. The smallest absolute Gasteiger partial charge is 0.326 e. The average Bonchev–Trinajstić information content (AvgIpc) is 3.46. The number of nitrogens with zero attached hydrogens (tertiary/aromatic N) is 3. The van der Waals surface area contributed by atoms with Crippen LogP contribution in [0.3, 0.4) is 0 Å². The van der Waals surface area contributed by atoms with Gasteiger partial charge in [0.15, 0.2) is 0 Å². The van der Waals surface area contributed by atoms with Crippen molar-refractivity contribution in [3.8, 4) is 11.5 Å². The topological polar surface area (TPSA) is 115 Å². The number of nitrogens with one attached hydrogen (secondary N) is 3. The highest BCUT2D eigenvalue weighted by Gasteiger charge is 2.52. The SMILES string of the molecule is Cc1cc(Oc2ccccc2)ccc1N1C(=O)NC2=C(C(=O)N[C@@H]3CCCN(C(=O)/C=C/CN4CCOCC4)C3)SC3NCCC1C23. The molecule has 2 aromatic rings. The van der Waals surface area contributed by atoms with Gasteiger partial charge in [-0.05, 0) is 68.6 Å². The summed E-state index contributed by atoms with van der Waals surface area (Å²) in [6.07, 6.45) is 5.97. The standard InChI is InChI=1S/C35H42N6O5S/c1-23-21-26(46-25-8-3-2-4-9-25)11-12-27(23)41-28-13-14-36-34-30(28)31(38-35(41)44)32(47-34)33(43)37-24-7-5-16-40(22-24)29(42)10-6-15-39-17-19-45-20-18-39/h2-4,6,8-12,21,24,28,30,34,36H,5,7,13-20,22H2,1H3,(H,37,43)(H,38,44)/b10-6+/t24-,28?,30?,34?/m1/s1. The van der Waals surface area contributed by atoms with Gasteiger partial charge >= 0.3 is 6.03 Å². The van der Waals surface area contributed by atoms with Crippen molar-refractivity contribution in [3.63, 3.8) is 0 Å². The Kier molecular flexibility index (Phi) is 9.53. The number of thioether (sulfide) groups is 1. The molecule has 2 aromatic carbocycles. The Morgan fingerprint density at radius 2 is 1.91 bits per heavy atom. The molecule has 47 heavy (non-hydrogen) atoms. The van der Waals surface area contributed by atoms with Crippen LogP contribution >= 0.6 is 11.8 Å². The molecule has 4 atom stereocenters. The molecule has 5 aliphatic rings. The minimum absolute atomic E-state index is 0.0189. The molecule has 3 unspecified atom stereocenters. The summed E-state index contributed by atoms with van der Waals surface area (Å²) in [6.45, 7) is 7.82. The number of hydrogen-bond donors (Lipinski definition) is 3. The number of carbonyl (C=O) groups excluding carboxylic acids is 3. The second-order valence-electron chi connectivity index (χ2n) is 12.7. The summed E-state index contributed by atoms with van der Waals surface area (Å²) in [7, 11) is 0. The van der Waals surface area contributed by atoms with Gasteiger partial charge in [0.05, 0.1) is 29.5 Å². The maximum absolute atomic E-state index is 13.8. The van der Waals surface area contributed by atoms with Gasteiger partial charge in [-0.15, -0.1) is 0 Å². The molecule has 0 spiro atoms. The van der Waals surface area contributed by atoms with E-state index in [2.05, 4.69) is 20.9 Å². The van der Waals surface area contributed by atoms with Crippen LogP contribution in [-0.4, -0.2) is 97.6 Å². The maximum Gasteiger partial charge on any atom is 0.326 e. The predicted octanol–water partition coefficient (Wildman–Crippen LogP) is 3.58. The summed E-state index contributed by atoms with van der Waals surface area (Å²) >= 11 is 1.50. The first-order valence-electron chi connectivity index (χ1n) is 16.6. The van der Waals surface area contributed by atoms with Gasteiger partial charge in [-0.2, -0.15) is 0 Å². The van der Waals surface area contributed by atoms with E-state index in [1.165, 1.54) is 11.8 Å². The Hall–Kier alpha value is -3.84. The molecular weight excluding hydrogens is 616 g/mol. The molecule has 248 valence electrons. The van der Waals surface area contributed by atoms with Crippen molar-refractivity contribution in [2.24, 2.45) is 5.92 Å². The molecule has 0 radical (unpaired) electrons. The second-order valence-corrected chi connectivity index (χ2v) is 13.8. The van der Waals surface area contributed by atoms with Crippen molar-refractivity contribution in [2.75, 3.05) is 57.4 Å². The lowest BCUT2D eigenvalue weighted by Gasteiger charge is -2.46. The number of hydrogen-bond acceptors (Lipinski definition) is 8.